The molecule has 1 saturated carbocycles. The zero-order chi connectivity index (χ0) is 10.8. The van der Waals surface area contributed by atoms with E-state index >= 15 is 0 Å². The van der Waals surface area contributed by atoms with Crippen LogP contribution in [-0.2, 0) is 4.79 Å². The Labute approximate surface area is 86.1 Å². The van der Waals surface area contributed by atoms with Gasteiger partial charge in [0.05, 0.1) is 0 Å². The molecule has 2 N–H and O–H groups in total. The van der Waals surface area contributed by atoms with Gasteiger partial charge in [0.25, 0.3) is 5.91 Å². The van der Waals surface area contributed by atoms with Crippen LogP contribution in [0.5, 0.6) is 0 Å². The molecule has 0 atom stereocenters. The lowest BCUT2D eigenvalue weighted by Crippen LogP contribution is -2.18. The van der Waals surface area contributed by atoms with Gasteiger partial charge < -0.3 is 9.73 Å². The van der Waals surface area contributed by atoms with Gasteiger partial charge in [0.2, 0.25) is 5.91 Å². The number of nitrogens with zero attached hydrogens (tertiary/aromatic N) is 1. The van der Waals surface area contributed by atoms with E-state index in [1.54, 1.807) is 0 Å². The molecule has 1 heterocycles. The van der Waals surface area contributed by atoms with Gasteiger partial charge in [-0.25, -0.2) is 0 Å². The highest BCUT2D eigenvalue weighted by Gasteiger charge is 2.30. The van der Waals surface area contributed by atoms with E-state index in [0.717, 1.165) is 12.8 Å². The van der Waals surface area contributed by atoms with Crippen LogP contribution in [0, 0.1) is 5.92 Å². The van der Waals surface area contributed by atoms with Crippen LogP contribution in [0.4, 0.5) is 6.01 Å². The third-order valence-corrected chi connectivity index (χ3v) is 2.14. The molecule has 0 spiro atoms. The molecule has 15 heavy (non-hydrogen) atoms. The molecule has 1 fully saturated rings. The predicted octanol–water partition coefficient (Wildman–Crippen LogP) is 0.383. The highest BCUT2D eigenvalue weighted by atomic mass is 16.4. The number of hydrogen-bond acceptors (Lipinski definition) is 4. The number of carbonyl (C=O) groups excluding carboxylic acids is 2. The molecule has 1 aromatic heterocycles. The van der Waals surface area contributed by atoms with Gasteiger partial charge in [0, 0.05) is 13.0 Å². The van der Waals surface area contributed by atoms with Gasteiger partial charge in [-0.3, -0.25) is 14.9 Å². The molecule has 0 saturated heterocycles. The van der Waals surface area contributed by atoms with Crippen LogP contribution in [0.15, 0.2) is 10.7 Å². The fraction of sp³-hybridized carbons (Fsp3) is 0.444. The summed E-state index contributed by atoms with van der Waals surface area (Å²) in [7, 11) is 1.50. The van der Waals surface area contributed by atoms with Gasteiger partial charge in [-0.15, -0.1) is 0 Å². The number of anilines is 1. The Morgan fingerprint density at radius 3 is 2.87 bits per heavy atom. The lowest BCUT2D eigenvalue weighted by Gasteiger charge is -1.96. The molecule has 1 aliphatic carbocycles. The van der Waals surface area contributed by atoms with Gasteiger partial charge >= 0.3 is 6.01 Å². The van der Waals surface area contributed by atoms with Crippen LogP contribution in [0.1, 0.15) is 23.3 Å². The summed E-state index contributed by atoms with van der Waals surface area (Å²) in [6.45, 7) is 0. The van der Waals surface area contributed by atoms with Crippen molar-refractivity contribution in [2.45, 2.75) is 12.8 Å². The average molecular weight is 209 g/mol. The van der Waals surface area contributed by atoms with Crippen molar-refractivity contribution in [2.24, 2.45) is 5.92 Å². The Morgan fingerprint density at radius 1 is 1.53 bits per heavy atom. The molecular formula is C9H11N3O3. The zero-order valence-electron chi connectivity index (χ0n) is 8.24. The summed E-state index contributed by atoms with van der Waals surface area (Å²) < 4.78 is 4.93. The van der Waals surface area contributed by atoms with E-state index in [9.17, 15) is 9.59 Å². The Balaban J connectivity index is 2.00. The molecular weight excluding hydrogens is 198 g/mol. The van der Waals surface area contributed by atoms with E-state index in [-0.39, 0.29) is 29.4 Å². The molecule has 1 aromatic rings. The second-order valence-electron chi connectivity index (χ2n) is 3.38. The largest absolute Gasteiger partial charge is 0.431 e. The monoisotopic (exact) mass is 209 g/mol. The highest BCUT2D eigenvalue weighted by Crippen LogP contribution is 2.29. The maximum Gasteiger partial charge on any atom is 0.302 e. The summed E-state index contributed by atoms with van der Waals surface area (Å²) in [5, 5.41) is 4.92. The Morgan fingerprint density at radius 2 is 2.27 bits per heavy atom. The van der Waals surface area contributed by atoms with Crippen LogP contribution < -0.4 is 10.6 Å². The minimum absolute atomic E-state index is 0.0745. The van der Waals surface area contributed by atoms with Crippen molar-refractivity contribution in [3.8, 4) is 0 Å². The van der Waals surface area contributed by atoms with Crippen LogP contribution in [0.25, 0.3) is 0 Å². The standard InChI is InChI=1S/C9H11N3O3/c1-10-8(14)6-4-15-9(11-6)12-7(13)5-2-3-5/h4-5H,2-3H2,1H3,(H,10,14)(H,11,12,13). The smallest absolute Gasteiger partial charge is 0.302 e. The second-order valence-corrected chi connectivity index (χ2v) is 3.38. The van der Waals surface area contributed by atoms with Gasteiger partial charge in [-0.05, 0) is 12.8 Å². The van der Waals surface area contributed by atoms with Gasteiger partial charge in [0.15, 0.2) is 5.69 Å². The third-order valence-electron chi connectivity index (χ3n) is 2.14. The second kappa shape index (κ2) is 3.72. The molecule has 2 rings (SSSR count). The quantitative estimate of drug-likeness (QED) is 0.753. The van der Waals surface area contributed by atoms with Crippen molar-refractivity contribution < 1.29 is 14.0 Å². The molecule has 0 aromatic carbocycles. The zero-order valence-corrected chi connectivity index (χ0v) is 8.24. The first-order valence-electron chi connectivity index (χ1n) is 4.69. The Bertz CT molecular complexity index is 395. The van der Waals surface area contributed by atoms with E-state index in [1.807, 2.05) is 0 Å². The first kappa shape index (κ1) is 9.70. The van der Waals surface area contributed by atoms with Crippen molar-refractivity contribution >= 4 is 17.8 Å². The topological polar surface area (TPSA) is 84.2 Å². The van der Waals surface area contributed by atoms with Gasteiger partial charge in [0.1, 0.15) is 6.26 Å². The maximum atomic E-state index is 11.3. The van der Waals surface area contributed by atoms with Crippen molar-refractivity contribution in [3.05, 3.63) is 12.0 Å². The van der Waals surface area contributed by atoms with Crippen molar-refractivity contribution in [1.29, 1.82) is 0 Å². The fourth-order valence-corrected chi connectivity index (χ4v) is 1.12. The van der Waals surface area contributed by atoms with E-state index in [0.29, 0.717) is 0 Å². The Hall–Kier alpha value is -1.85. The van der Waals surface area contributed by atoms with Crippen molar-refractivity contribution in [3.63, 3.8) is 0 Å². The number of rotatable bonds is 3. The van der Waals surface area contributed by atoms with Crippen molar-refractivity contribution in [1.82, 2.24) is 10.3 Å². The third kappa shape index (κ3) is 2.15. The maximum absolute atomic E-state index is 11.3. The molecule has 0 unspecified atom stereocenters. The van der Waals surface area contributed by atoms with E-state index in [2.05, 4.69) is 15.6 Å². The molecule has 80 valence electrons. The molecule has 0 aliphatic heterocycles. The number of carbonyl (C=O) groups is 2. The summed E-state index contributed by atoms with van der Waals surface area (Å²) in [6, 6.07) is 0.0745. The summed E-state index contributed by atoms with van der Waals surface area (Å²) in [4.78, 5) is 26.2. The number of hydrogen-bond donors (Lipinski definition) is 2. The molecule has 6 heteroatoms. The fourth-order valence-electron chi connectivity index (χ4n) is 1.12. The lowest BCUT2D eigenvalue weighted by atomic mass is 10.4. The summed E-state index contributed by atoms with van der Waals surface area (Å²) in [6.07, 6.45) is 3.03. The first-order valence-corrected chi connectivity index (χ1v) is 4.69. The molecule has 0 radical (unpaired) electrons. The lowest BCUT2D eigenvalue weighted by molar-refractivity contribution is -0.117. The number of oxazole rings is 1. The van der Waals surface area contributed by atoms with Gasteiger partial charge in [-0.2, -0.15) is 4.98 Å². The molecule has 2 amide bonds. The number of aromatic nitrogens is 1. The minimum Gasteiger partial charge on any atom is -0.431 e. The average Bonchev–Trinajstić information content (AvgIpc) is 2.99. The number of nitrogens with one attached hydrogen (secondary N) is 2. The Kier molecular flexibility index (Phi) is 2.40. The summed E-state index contributed by atoms with van der Waals surface area (Å²) >= 11 is 0. The van der Waals surface area contributed by atoms with Crippen molar-refractivity contribution in [2.75, 3.05) is 12.4 Å². The predicted molar refractivity (Wildman–Crippen MR) is 51.2 cm³/mol. The first-order chi connectivity index (χ1) is 7.20. The normalized spacial score (nSPS) is 14.7. The minimum atomic E-state index is -0.342. The summed E-state index contributed by atoms with van der Waals surface area (Å²) in [5.74, 6) is -0.355. The number of amides is 2. The summed E-state index contributed by atoms with van der Waals surface area (Å²) in [5.41, 5.74) is 0.156. The van der Waals surface area contributed by atoms with Gasteiger partial charge in [-0.1, -0.05) is 0 Å². The highest BCUT2D eigenvalue weighted by molar-refractivity contribution is 5.94. The van der Waals surface area contributed by atoms with E-state index in [4.69, 9.17) is 4.42 Å². The van der Waals surface area contributed by atoms with Crippen LogP contribution in [0.2, 0.25) is 0 Å². The molecule has 0 bridgehead atoms. The van der Waals surface area contributed by atoms with Crippen LogP contribution in [-0.4, -0.2) is 23.8 Å². The SMILES string of the molecule is CNC(=O)c1coc(NC(=O)C2CC2)n1. The molecule has 1 aliphatic rings. The van der Waals surface area contributed by atoms with Crippen LogP contribution >= 0.6 is 0 Å². The van der Waals surface area contributed by atoms with E-state index in [1.165, 1.54) is 13.3 Å². The molecule has 6 nitrogen and oxygen atoms in total. The van der Waals surface area contributed by atoms with E-state index < -0.39 is 0 Å². The van der Waals surface area contributed by atoms with Crippen LogP contribution in [0.3, 0.4) is 0 Å².